The molecule has 0 bridgehead atoms. The Morgan fingerprint density at radius 2 is 1.90 bits per heavy atom. The first-order valence-electron chi connectivity index (χ1n) is 8.81. The molecule has 0 aliphatic heterocycles. The summed E-state index contributed by atoms with van der Waals surface area (Å²) in [5, 5.41) is 14.5. The molecule has 0 spiro atoms. The highest BCUT2D eigenvalue weighted by Crippen LogP contribution is 2.38. The van der Waals surface area contributed by atoms with Gasteiger partial charge >= 0.3 is 12.8 Å². The number of alkyl halides is 5. The molecule has 0 amide bonds. The van der Waals surface area contributed by atoms with Gasteiger partial charge in [-0.15, -0.1) is 10.2 Å². The van der Waals surface area contributed by atoms with Crippen molar-refractivity contribution in [1.29, 1.82) is 0 Å². The number of benzene rings is 2. The molecule has 12 heteroatoms. The van der Waals surface area contributed by atoms with E-state index in [-0.39, 0.29) is 17.8 Å². The summed E-state index contributed by atoms with van der Waals surface area (Å²) in [6.07, 6.45) is -4.36. The number of nitrogens with zero attached hydrogens (tertiary/aromatic N) is 3. The van der Waals surface area contributed by atoms with E-state index in [0.29, 0.717) is 33.7 Å². The molecule has 4 rings (SSSR count). The van der Waals surface area contributed by atoms with Gasteiger partial charge in [0.1, 0.15) is 11.3 Å². The zero-order valence-electron chi connectivity index (χ0n) is 15.4. The van der Waals surface area contributed by atoms with Crippen LogP contribution < -0.4 is 4.74 Å². The van der Waals surface area contributed by atoms with Gasteiger partial charge in [-0.25, -0.2) is 0 Å². The van der Waals surface area contributed by atoms with Crippen LogP contribution in [-0.2, 0) is 19.0 Å². The van der Waals surface area contributed by atoms with Gasteiger partial charge < -0.3 is 9.15 Å². The minimum atomic E-state index is -4.84. The SMILES string of the molecule is FC(F)Oc1ccc(CCc2cc3oc(-c4nn[nH]n4)cc3cc2Cl)cc1C(F)(F)F. The smallest absolute Gasteiger partial charge is 0.419 e. The van der Waals surface area contributed by atoms with Crippen LogP contribution in [0.2, 0.25) is 5.02 Å². The van der Waals surface area contributed by atoms with Crippen molar-refractivity contribution < 1.29 is 31.1 Å². The fourth-order valence-electron chi connectivity index (χ4n) is 3.10. The number of aromatic nitrogens is 4. The fourth-order valence-corrected chi connectivity index (χ4v) is 3.37. The van der Waals surface area contributed by atoms with Crippen molar-refractivity contribution in [2.24, 2.45) is 0 Å². The number of rotatable bonds is 6. The highest BCUT2D eigenvalue weighted by Gasteiger charge is 2.35. The highest BCUT2D eigenvalue weighted by molar-refractivity contribution is 6.32. The summed E-state index contributed by atoms with van der Waals surface area (Å²) in [6, 6.07) is 8.03. The van der Waals surface area contributed by atoms with Crippen molar-refractivity contribution >= 4 is 22.6 Å². The predicted octanol–water partition coefficient (Wildman–Crippen LogP) is 5.67. The Hall–Kier alpha value is -3.21. The predicted molar refractivity (Wildman–Crippen MR) is 99.9 cm³/mol. The van der Waals surface area contributed by atoms with Crippen molar-refractivity contribution in [1.82, 2.24) is 20.6 Å². The zero-order valence-corrected chi connectivity index (χ0v) is 16.1. The molecule has 0 unspecified atom stereocenters. The van der Waals surface area contributed by atoms with Gasteiger partial charge in [-0.2, -0.15) is 27.2 Å². The monoisotopic (exact) mass is 458 g/mol. The zero-order chi connectivity index (χ0) is 22.2. The van der Waals surface area contributed by atoms with Gasteiger partial charge in [-0.1, -0.05) is 17.7 Å². The Kier molecular flexibility index (Phi) is 5.52. The Morgan fingerprint density at radius 3 is 2.58 bits per heavy atom. The molecule has 31 heavy (non-hydrogen) atoms. The first-order chi connectivity index (χ1) is 14.7. The number of ether oxygens (including phenoxy) is 1. The molecule has 6 nitrogen and oxygen atoms in total. The number of aryl methyl sites for hydroxylation is 2. The lowest BCUT2D eigenvalue weighted by atomic mass is 10.0. The van der Waals surface area contributed by atoms with Gasteiger partial charge in [0.25, 0.3) is 0 Å². The van der Waals surface area contributed by atoms with E-state index in [4.69, 9.17) is 16.0 Å². The number of H-pyrrole nitrogens is 1. The third kappa shape index (κ3) is 4.61. The van der Waals surface area contributed by atoms with E-state index >= 15 is 0 Å². The number of fused-ring (bicyclic) bond motifs is 1. The fraction of sp³-hybridized carbons (Fsp3) is 0.211. The molecule has 0 saturated carbocycles. The summed E-state index contributed by atoms with van der Waals surface area (Å²) in [6.45, 7) is -3.36. The average Bonchev–Trinajstić information content (AvgIpc) is 3.35. The number of nitrogens with one attached hydrogen (secondary N) is 1. The topological polar surface area (TPSA) is 76.8 Å². The quantitative estimate of drug-likeness (QED) is 0.377. The first-order valence-corrected chi connectivity index (χ1v) is 9.19. The van der Waals surface area contributed by atoms with Gasteiger partial charge in [0.05, 0.1) is 5.56 Å². The number of aromatic amines is 1. The minimum Gasteiger partial charge on any atom is -0.453 e. The van der Waals surface area contributed by atoms with Gasteiger partial charge in [0, 0.05) is 10.4 Å². The van der Waals surface area contributed by atoms with E-state index in [2.05, 4.69) is 25.4 Å². The molecule has 4 aromatic rings. The van der Waals surface area contributed by atoms with Crippen LogP contribution in [0.15, 0.2) is 40.8 Å². The molecule has 0 aliphatic rings. The molecule has 0 saturated heterocycles. The molecule has 0 aliphatic carbocycles. The third-order valence-corrected chi connectivity index (χ3v) is 4.85. The number of halogens is 6. The lowest BCUT2D eigenvalue weighted by molar-refractivity contribution is -0.141. The Morgan fingerprint density at radius 1 is 1.10 bits per heavy atom. The second-order valence-electron chi connectivity index (χ2n) is 6.53. The Labute approximate surface area is 175 Å². The number of hydrogen-bond acceptors (Lipinski definition) is 5. The maximum atomic E-state index is 13.2. The van der Waals surface area contributed by atoms with Crippen LogP contribution in [-0.4, -0.2) is 27.2 Å². The summed E-state index contributed by atoms with van der Waals surface area (Å²) in [7, 11) is 0. The molecule has 2 aromatic carbocycles. The first kappa shape index (κ1) is 21.0. The largest absolute Gasteiger partial charge is 0.453 e. The second-order valence-corrected chi connectivity index (χ2v) is 6.94. The number of hydrogen-bond donors (Lipinski definition) is 1. The molecule has 0 radical (unpaired) electrons. The summed E-state index contributed by atoms with van der Waals surface area (Å²) in [5.74, 6) is -0.281. The van der Waals surface area contributed by atoms with Gasteiger partial charge in [0.15, 0.2) is 5.76 Å². The summed E-state index contributed by atoms with van der Waals surface area (Å²) >= 11 is 6.32. The van der Waals surface area contributed by atoms with E-state index in [1.807, 2.05) is 0 Å². The van der Waals surface area contributed by atoms with Crippen molar-refractivity contribution in [3.8, 4) is 17.3 Å². The lowest BCUT2D eigenvalue weighted by Gasteiger charge is -2.15. The number of furan rings is 1. The van der Waals surface area contributed by atoms with Gasteiger partial charge in [0.2, 0.25) is 5.82 Å². The normalized spacial score (nSPS) is 12.1. The minimum absolute atomic E-state index is 0.182. The van der Waals surface area contributed by atoms with E-state index in [1.165, 1.54) is 6.07 Å². The summed E-state index contributed by atoms with van der Waals surface area (Å²) in [5.41, 5.74) is 0.167. The van der Waals surface area contributed by atoms with Crippen molar-refractivity contribution in [2.75, 3.05) is 0 Å². The molecule has 2 heterocycles. The van der Waals surface area contributed by atoms with Crippen molar-refractivity contribution in [3.63, 3.8) is 0 Å². The van der Waals surface area contributed by atoms with E-state index in [9.17, 15) is 22.0 Å². The molecule has 162 valence electrons. The Balaban J connectivity index is 1.58. The third-order valence-electron chi connectivity index (χ3n) is 4.50. The molecule has 1 N–H and O–H groups in total. The maximum Gasteiger partial charge on any atom is 0.419 e. The molecule has 0 atom stereocenters. The van der Waals surface area contributed by atoms with E-state index in [0.717, 1.165) is 12.1 Å². The van der Waals surface area contributed by atoms with Crippen molar-refractivity contribution in [2.45, 2.75) is 25.6 Å². The van der Waals surface area contributed by atoms with E-state index < -0.39 is 24.1 Å². The van der Waals surface area contributed by atoms with Crippen LogP contribution in [0.1, 0.15) is 16.7 Å². The lowest BCUT2D eigenvalue weighted by Crippen LogP contribution is -2.12. The van der Waals surface area contributed by atoms with Gasteiger partial charge in [-0.3, -0.25) is 0 Å². The van der Waals surface area contributed by atoms with Crippen LogP contribution in [0.3, 0.4) is 0 Å². The van der Waals surface area contributed by atoms with Crippen molar-refractivity contribution in [3.05, 3.63) is 58.1 Å². The second kappa shape index (κ2) is 8.14. The van der Waals surface area contributed by atoms with E-state index in [1.54, 1.807) is 18.2 Å². The van der Waals surface area contributed by atoms with Gasteiger partial charge in [-0.05, 0) is 59.5 Å². The van der Waals surface area contributed by atoms with Crippen LogP contribution in [0.25, 0.3) is 22.6 Å². The van der Waals surface area contributed by atoms with Crippen LogP contribution >= 0.6 is 11.6 Å². The summed E-state index contributed by atoms with van der Waals surface area (Å²) in [4.78, 5) is 0. The molecule has 2 aromatic heterocycles. The van der Waals surface area contributed by atoms with Crippen LogP contribution in [0.5, 0.6) is 5.75 Å². The maximum absolute atomic E-state index is 13.2. The molecular formula is C19H12ClF5N4O2. The Bertz CT molecular complexity index is 1210. The highest BCUT2D eigenvalue weighted by atomic mass is 35.5. The standard InChI is InChI=1S/C19H12ClF5N4O2/c20-13-6-11-8-16(17-26-28-29-27-17)30-15(11)7-10(13)3-1-9-2-4-14(31-18(21)22)12(5-9)19(23,24)25/h2,4-8,18H,1,3H2,(H,26,27,28,29). The molecule has 0 fully saturated rings. The van der Waals surface area contributed by atoms with Crippen LogP contribution in [0, 0.1) is 0 Å². The summed E-state index contributed by atoms with van der Waals surface area (Å²) < 4.78 is 74.1. The average molecular weight is 459 g/mol. The number of tetrazole rings is 1. The molecular weight excluding hydrogens is 447 g/mol. The van der Waals surface area contributed by atoms with Crippen LogP contribution in [0.4, 0.5) is 22.0 Å².